The smallest absolute Gasteiger partial charge is 0.247 e. The molecule has 0 aliphatic heterocycles. The minimum Gasteiger partial charge on any atom is -0.350 e. The van der Waals surface area contributed by atoms with Gasteiger partial charge in [-0.1, -0.05) is 102 Å². The summed E-state index contributed by atoms with van der Waals surface area (Å²) < 4.78 is 27.8. The minimum atomic E-state index is -3.56. The number of rotatable bonds is 13. The van der Waals surface area contributed by atoms with Crippen LogP contribution in [0.15, 0.2) is 108 Å². The van der Waals surface area contributed by atoms with Crippen molar-refractivity contribution in [2.75, 3.05) is 0 Å². The lowest BCUT2D eigenvalue weighted by molar-refractivity contribution is -0.141. The van der Waals surface area contributed by atoms with Gasteiger partial charge in [-0.2, -0.15) is 0 Å². The average Bonchev–Trinajstić information content (AvgIpc) is 3.84. The Balaban J connectivity index is 1.36. The first-order chi connectivity index (χ1) is 21.2. The zero-order valence-corrected chi connectivity index (χ0v) is 26.3. The topological polar surface area (TPSA) is 95.6 Å². The molecule has 1 aliphatic rings. The first kappa shape index (κ1) is 31.7. The first-order valence-electron chi connectivity index (χ1n) is 14.4. The van der Waals surface area contributed by atoms with Crippen LogP contribution in [-0.4, -0.2) is 31.2 Å². The Labute approximate surface area is 268 Å². The SMILES string of the molecule is O=C(NCc1ccc(Cl)cc1Cl)[C@H](c1ccccc1)N(Cc1ccccc1)C(=O)CCc1ccc(S(=O)(=O)NC2CC2)cc1. The maximum atomic E-state index is 14.0. The molecular weight excluding hydrogens is 617 g/mol. The van der Waals surface area contributed by atoms with Gasteiger partial charge in [0.05, 0.1) is 4.90 Å². The van der Waals surface area contributed by atoms with Gasteiger partial charge >= 0.3 is 0 Å². The number of amides is 2. The maximum absolute atomic E-state index is 14.0. The van der Waals surface area contributed by atoms with Crippen molar-refractivity contribution in [3.63, 3.8) is 0 Å². The Morgan fingerprint density at radius 3 is 2.14 bits per heavy atom. The molecule has 0 bridgehead atoms. The van der Waals surface area contributed by atoms with E-state index < -0.39 is 16.1 Å². The maximum Gasteiger partial charge on any atom is 0.247 e. The second kappa shape index (κ2) is 14.4. The molecule has 1 fully saturated rings. The molecule has 0 saturated heterocycles. The van der Waals surface area contributed by atoms with Gasteiger partial charge in [0.1, 0.15) is 6.04 Å². The van der Waals surface area contributed by atoms with Crippen molar-refractivity contribution < 1.29 is 18.0 Å². The van der Waals surface area contributed by atoms with Gasteiger partial charge in [0.25, 0.3) is 0 Å². The van der Waals surface area contributed by atoms with Gasteiger partial charge in [0, 0.05) is 35.6 Å². The number of carbonyl (C=O) groups excluding carboxylic acids is 2. The zero-order chi connectivity index (χ0) is 31.1. The Bertz CT molecular complexity index is 1700. The Morgan fingerprint density at radius 2 is 1.50 bits per heavy atom. The third kappa shape index (κ3) is 8.48. The highest BCUT2D eigenvalue weighted by atomic mass is 35.5. The van der Waals surface area contributed by atoms with Crippen LogP contribution in [0.3, 0.4) is 0 Å². The molecule has 1 aliphatic carbocycles. The van der Waals surface area contributed by atoms with E-state index in [9.17, 15) is 18.0 Å². The normalized spacial score (nSPS) is 13.7. The molecule has 4 aromatic rings. The Kier molecular flexibility index (Phi) is 10.4. The van der Waals surface area contributed by atoms with Gasteiger partial charge in [0.2, 0.25) is 21.8 Å². The zero-order valence-electron chi connectivity index (χ0n) is 24.0. The predicted octanol–water partition coefficient (Wildman–Crippen LogP) is 6.45. The summed E-state index contributed by atoms with van der Waals surface area (Å²) in [5.74, 6) is -0.557. The Morgan fingerprint density at radius 1 is 0.841 bits per heavy atom. The fourth-order valence-corrected chi connectivity index (χ4v) is 6.65. The van der Waals surface area contributed by atoms with Gasteiger partial charge < -0.3 is 10.2 Å². The fraction of sp³-hybridized carbons (Fsp3) is 0.235. The molecule has 0 spiro atoms. The largest absolute Gasteiger partial charge is 0.350 e. The summed E-state index contributed by atoms with van der Waals surface area (Å²) in [6, 6.07) is 29.5. The quantitative estimate of drug-likeness (QED) is 0.174. The highest BCUT2D eigenvalue weighted by Gasteiger charge is 2.32. The van der Waals surface area contributed by atoms with E-state index in [2.05, 4.69) is 10.0 Å². The minimum absolute atomic E-state index is 0.0193. The van der Waals surface area contributed by atoms with Crippen molar-refractivity contribution in [1.82, 2.24) is 14.9 Å². The van der Waals surface area contributed by atoms with Crippen LogP contribution >= 0.6 is 23.2 Å². The highest BCUT2D eigenvalue weighted by molar-refractivity contribution is 7.89. The molecule has 2 amide bonds. The van der Waals surface area contributed by atoms with Crippen molar-refractivity contribution in [3.8, 4) is 0 Å². The molecule has 2 N–H and O–H groups in total. The standard InChI is InChI=1S/C34H33Cl2N3O4S/c35-28-15-14-27(31(36)21-28)22-37-34(41)33(26-9-5-2-6-10-26)39(23-25-7-3-1-4-8-25)32(40)20-13-24-11-18-30(19-12-24)44(42,43)38-29-16-17-29/h1-12,14-15,18-19,21,29,33,38H,13,16-17,20,22-23H2,(H,37,41)/t33-/m0/s1. The average molecular weight is 651 g/mol. The lowest BCUT2D eigenvalue weighted by Gasteiger charge is -2.32. The van der Waals surface area contributed by atoms with E-state index in [1.54, 1.807) is 47.4 Å². The summed E-state index contributed by atoms with van der Waals surface area (Å²) in [6.45, 7) is 0.384. The molecule has 228 valence electrons. The number of halogens is 2. The highest BCUT2D eigenvalue weighted by Crippen LogP contribution is 2.27. The van der Waals surface area contributed by atoms with Crippen LogP contribution in [0.1, 0.15) is 47.6 Å². The van der Waals surface area contributed by atoms with Crippen LogP contribution in [0.2, 0.25) is 10.0 Å². The lowest BCUT2D eigenvalue weighted by Crippen LogP contribution is -2.43. The van der Waals surface area contributed by atoms with Crippen LogP contribution in [0.5, 0.6) is 0 Å². The number of sulfonamides is 1. The van der Waals surface area contributed by atoms with Crippen molar-refractivity contribution >= 4 is 45.0 Å². The van der Waals surface area contributed by atoms with E-state index in [1.165, 1.54) is 0 Å². The molecule has 0 heterocycles. The van der Waals surface area contributed by atoms with Crippen LogP contribution in [0.25, 0.3) is 0 Å². The van der Waals surface area contributed by atoms with Crippen molar-refractivity contribution in [3.05, 3.63) is 135 Å². The molecule has 7 nitrogen and oxygen atoms in total. The second-order valence-electron chi connectivity index (χ2n) is 10.8. The molecule has 0 unspecified atom stereocenters. The molecule has 0 aromatic heterocycles. The first-order valence-corrected chi connectivity index (χ1v) is 16.6. The van der Waals surface area contributed by atoms with Crippen molar-refractivity contribution in [2.24, 2.45) is 0 Å². The second-order valence-corrected chi connectivity index (χ2v) is 13.4. The Hall–Kier alpha value is -3.69. The van der Waals surface area contributed by atoms with Gasteiger partial charge in [0.15, 0.2) is 0 Å². The summed E-state index contributed by atoms with van der Waals surface area (Å²) >= 11 is 12.4. The molecule has 4 aromatic carbocycles. The molecule has 5 rings (SSSR count). The number of benzene rings is 4. The summed E-state index contributed by atoms with van der Waals surface area (Å²) in [5.41, 5.74) is 3.08. The molecule has 1 atom stereocenters. The van der Waals surface area contributed by atoms with Crippen molar-refractivity contribution in [1.29, 1.82) is 0 Å². The number of nitrogens with zero attached hydrogens (tertiary/aromatic N) is 1. The molecular formula is C34H33Cl2N3O4S. The van der Waals surface area contributed by atoms with Gasteiger partial charge in [-0.15, -0.1) is 0 Å². The monoisotopic (exact) mass is 649 g/mol. The molecule has 0 radical (unpaired) electrons. The van der Waals surface area contributed by atoms with Crippen LogP contribution in [0, 0.1) is 0 Å². The third-order valence-electron chi connectivity index (χ3n) is 7.42. The van der Waals surface area contributed by atoms with E-state index in [-0.39, 0.29) is 42.3 Å². The molecule has 44 heavy (non-hydrogen) atoms. The van der Waals surface area contributed by atoms with E-state index >= 15 is 0 Å². The predicted molar refractivity (Wildman–Crippen MR) is 173 cm³/mol. The van der Waals surface area contributed by atoms with Crippen LogP contribution in [0.4, 0.5) is 0 Å². The van der Waals surface area contributed by atoms with Gasteiger partial charge in [-0.05, 0) is 65.8 Å². The number of hydrogen-bond donors (Lipinski definition) is 2. The summed E-state index contributed by atoms with van der Waals surface area (Å²) in [4.78, 5) is 29.6. The fourth-order valence-electron chi connectivity index (χ4n) is 4.87. The summed E-state index contributed by atoms with van der Waals surface area (Å²) in [5, 5.41) is 3.90. The molecule has 10 heteroatoms. The third-order valence-corrected chi connectivity index (χ3v) is 9.54. The number of aryl methyl sites for hydroxylation is 1. The van der Waals surface area contributed by atoms with E-state index in [0.29, 0.717) is 27.6 Å². The number of hydrogen-bond acceptors (Lipinski definition) is 4. The van der Waals surface area contributed by atoms with E-state index in [1.807, 2.05) is 60.7 Å². The van der Waals surface area contributed by atoms with Crippen molar-refractivity contribution in [2.45, 2.75) is 55.8 Å². The number of carbonyl (C=O) groups is 2. The summed E-state index contributed by atoms with van der Waals surface area (Å²) in [7, 11) is -3.56. The lowest BCUT2D eigenvalue weighted by atomic mass is 10.0. The van der Waals surface area contributed by atoms with Crippen LogP contribution < -0.4 is 10.0 Å². The van der Waals surface area contributed by atoms with Gasteiger partial charge in [-0.3, -0.25) is 9.59 Å². The summed E-state index contributed by atoms with van der Waals surface area (Å²) in [6.07, 6.45) is 2.22. The molecule has 1 saturated carbocycles. The van der Waals surface area contributed by atoms with Gasteiger partial charge in [-0.25, -0.2) is 13.1 Å². The van der Waals surface area contributed by atoms with E-state index in [0.717, 1.165) is 24.0 Å². The number of nitrogens with one attached hydrogen (secondary N) is 2. The van der Waals surface area contributed by atoms with E-state index in [4.69, 9.17) is 23.2 Å². The van der Waals surface area contributed by atoms with Crippen LogP contribution in [-0.2, 0) is 39.1 Å².